The molecule has 6 heteroatoms. The Labute approximate surface area is 157 Å². The summed E-state index contributed by atoms with van der Waals surface area (Å²) in [6.07, 6.45) is 11.0. The second-order valence-corrected chi connectivity index (χ2v) is 7.92. The molecule has 0 saturated heterocycles. The van der Waals surface area contributed by atoms with Crippen molar-refractivity contribution >= 4 is 5.95 Å². The largest absolute Gasteiger partial charge is 0.395 e. The zero-order valence-corrected chi connectivity index (χ0v) is 16.1. The molecule has 0 radical (unpaired) electrons. The Morgan fingerprint density at radius 1 is 1.15 bits per heavy atom. The van der Waals surface area contributed by atoms with Gasteiger partial charge in [-0.3, -0.25) is 4.90 Å². The van der Waals surface area contributed by atoms with Crippen LogP contribution >= 0.6 is 0 Å². The lowest BCUT2D eigenvalue weighted by Crippen LogP contribution is -2.41. The molecule has 0 unspecified atom stereocenters. The van der Waals surface area contributed by atoms with Crippen LogP contribution in [0.25, 0.3) is 0 Å². The Morgan fingerprint density at radius 2 is 1.88 bits per heavy atom. The molecular weight excluding hydrogens is 326 g/mol. The molecule has 3 rings (SSSR count). The predicted molar refractivity (Wildman–Crippen MR) is 105 cm³/mol. The molecule has 4 N–H and O–H groups in total. The van der Waals surface area contributed by atoms with Crippen LogP contribution in [0, 0.1) is 0 Å². The third-order valence-electron chi connectivity index (χ3n) is 6.21. The molecular formula is C20H35N5O. The fourth-order valence-corrected chi connectivity index (χ4v) is 4.58. The lowest BCUT2D eigenvalue weighted by atomic mass is 9.84. The fourth-order valence-electron chi connectivity index (χ4n) is 4.58. The van der Waals surface area contributed by atoms with Crippen molar-refractivity contribution in [1.29, 1.82) is 0 Å². The van der Waals surface area contributed by atoms with E-state index in [9.17, 15) is 5.11 Å². The summed E-state index contributed by atoms with van der Waals surface area (Å²) < 4.78 is 0. The first-order valence-corrected chi connectivity index (χ1v) is 10.4. The number of anilines is 1. The Morgan fingerprint density at radius 3 is 2.54 bits per heavy atom. The Bertz CT molecular complexity index is 539. The summed E-state index contributed by atoms with van der Waals surface area (Å²) in [5, 5.41) is 12.8. The van der Waals surface area contributed by atoms with Gasteiger partial charge in [-0.2, -0.15) is 0 Å². The van der Waals surface area contributed by atoms with Crippen LogP contribution in [0.3, 0.4) is 0 Å². The average Bonchev–Trinajstić information content (AvgIpc) is 2.68. The maximum atomic E-state index is 9.22. The van der Waals surface area contributed by atoms with E-state index in [2.05, 4.69) is 28.2 Å². The number of hydrogen-bond donors (Lipinski definition) is 3. The number of aliphatic hydroxyl groups is 1. The van der Waals surface area contributed by atoms with Gasteiger partial charge in [0.1, 0.15) is 0 Å². The smallest absolute Gasteiger partial charge is 0.223 e. The molecule has 0 bridgehead atoms. The molecule has 146 valence electrons. The van der Waals surface area contributed by atoms with Gasteiger partial charge in [0.25, 0.3) is 0 Å². The highest BCUT2D eigenvalue weighted by Gasteiger charge is 2.26. The maximum absolute atomic E-state index is 9.22. The Balaban J connectivity index is 1.51. The van der Waals surface area contributed by atoms with Crippen LogP contribution in [0.4, 0.5) is 5.95 Å². The van der Waals surface area contributed by atoms with E-state index >= 15 is 0 Å². The van der Waals surface area contributed by atoms with E-state index in [-0.39, 0.29) is 6.61 Å². The van der Waals surface area contributed by atoms with Crippen LogP contribution in [0.15, 0.2) is 12.3 Å². The van der Waals surface area contributed by atoms with E-state index in [1.165, 1.54) is 18.5 Å². The molecule has 0 spiro atoms. The summed E-state index contributed by atoms with van der Waals surface area (Å²) in [5.41, 5.74) is 7.20. The van der Waals surface area contributed by atoms with E-state index < -0.39 is 0 Å². The quantitative estimate of drug-likeness (QED) is 0.692. The maximum Gasteiger partial charge on any atom is 0.223 e. The molecule has 2 aliphatic rings. The van der Waals surface area contributed by atoms with E-state index in [0.29, 0.717) is 24.0 Å². The van der Waals surface area contributed by atoms with Gasteiger partial charge in [0.05, 0.1) is 6.61 Å². The van der Waals surface area contributed by atoms with Crippen molar-refractivity contribution in [3.05, 3.63) is 18.0 Å². The number of nitrogens with one attached hydrogen (secondary N) is 1. The summed E-state index contributed by atoms with van der Waals surface area (Å²) in [7, 11) is 0. The summed E-state index contributed by atoms with van der Waals surface area (Å²) in [5.74, 6) is 1.31. The van der Waals surface area contributed by atoms with Gasteiger partial charge in [0.2, 0.25) is 5.95 Å². The normalized spacial score (nSPS) is 29.7. The molecule has 0 aliphatic heterocycles. The van der Waals surface area contributed by atoms with Crippen LogP contribution in [0.5, 0.6) is 0 Å². The molecule has 2 aliphatic carbocycles. The van der Waals surface area contributed by atoms with Crippen LogP contribution in [0.2, 0.25) is 0 Å². The van der Waals surface area contributed by atoms with Crippen molar-refractivity contribution in [2.24, 2.45) is 5.73 Å². The van der Waals surface area contributed by atoms with Gasteiger partial charge >= 0.3 is 0 Å². The standard InChI is InChI=1S/C20H35N5O/c1-2-25(13-14-26)18-9-7-17(8-10-18)23-20-22-12-11-19(24-20)15-3-5-16(21)6-4-15/h11-12,15-18,26H,2-10,13-14,21H2,1H3,(H,22,23,24). The molecule has 1 heterocycles. The number of rotatable bonds is 7. The van der Waals surface area contributed by atoms with Gasteiger partial charge in [0, 0.05) is 42.5 Å². The minimum atomic E-state index is 0.249. The van der Waals surface area contributed by atoms with E-state index in [1.54, 1.807) is 0 Å². The number of nitrogens with two attached hydrogens (primary N) is 1. The zero-order chi connectivity index (χ0) is 18.4. The summed E-state index contributed by atoms with van der Waals surface area (Å²) >= 11 is 0. The molecule has 1 aromatic heterocycles. The minimum Gasteiger partial charge on any atom is -0.395 e. The molecule has 2 saturated carbocycles. The molecule has 0 aromatic carbocycles. The predicted octanol–water partition coefficient (Wildman–Crippen LogP) is 2.50. The highest BCUT2D eigenvalue weighted by Crippen LogP contribution is 2.31. The first-order valence-electron chi connectivity index (χ1n) is 10.4. The fraction of sp³-hybridized carbons (Fsp3) is 0.800. The van der Waals surface area contributed by atoms with Crippen molar-refractivity contribution in [2.45, 2.75) is 82.3 Å². The zero-order valence-electron chi connectivity index (χ0n) is 16.1. The molecule has 26 heavy (non-hydrogen) atoms. The summed E-state index contributed by atoms with van der Waals surface area (Å²) in [6.45, 7) is 4.23. The van der Waals surface area contributed by atoms with Gasteiger partial charge in [0.15, 0.2) is 0 Å². The SMILES string of the molecule is CCN(CCO)C1CCC(Nc2nccc(C3CCC(N)CC3)n2)CC1. The first kappa shape index (κ1) is 19.5. The van der Waals surface area contributed by atoms with Crippen LogP contribution in [-0.2, 0) is 0 Å². The average molecular weight is 362 g/mol. The molecule has 0 amide bonds. The van der Waals surface area contributed by atoms with Gasteiger partial charge in [-0.25, -0.2) is 9.97 Å². The van der Waals surface area contributed by atoms with Crippen molar-refractivity contribution in [2.75, 3.05) is 25.0 Å². The van der Waals surface area contributed by atoms with E-state index in [4.69, 9.17) is 10.7 Å². The second-order valence-electron chi connectivity index (χ2n) is 7.92. The van der Waals surface area contributed by atoms with Crippen molar-refractivity contribution < 1.29 is 5.11 Å². The highest BCUT2D eigenvalue weighted by molar-refractivity contribution is 5.28. The van der Waals surface area contributed by atoms with E-state index in [1.807, 2.05) is 6.20 Å². The monoisotopic (exact) mass is 361 g/mol. The van der Waals surface area contributed by atoms with Crippen LogP contribution < -0.4 is 11.1 Å². The third kappa shape index (κ3) is 5.15. The van der Waals surface area contributed by atoms with E-state index in [0.717, 1.165) is 57.6 Å². The van der Waals surface area contributed by atoms with Crippen LogP contribution in [0.1, 0.15) is 69.9 Å². The van der Waals surface area contributed by atoms with Gasteiger partial charge in [-0.15, -0.1) is 0 Å². The topological polar surface area (TPSA) is 87.3 Å². The number of nitrogens with zero attached hydrogens (tertiary/aromatic N) is 3. The molecule has 2 fully saturated rings. The first-order chi connectivity index (χ1) is 12.7. The number of likely N-dealkylation sites (N-methyl/N-ethyl adjacent to an activating group) is 1. The van der Waals surface area contributed by atoms with Crippen molar-refractivity contribution in [3.8, 4) is 0 Å². The number of aromatic nitrogens is 2. The van der Waals surface area contributed by atoms with Crippen LogP contribution in [-0.4, -0.2) is 57.8 Å². The third-order valence-corrected chi connectivity index (χ3v) is 6.21. The highest BCUT2D eigenvalue weighted by atomic mass is 16.3. The minimum absolute atomic E-state index is 0.249. The number of aliphatic hydroxyl groups excluding tert-OH is 1. The summed E-state index contributed by atoms with van der Waals surface area (Å²) in [4.78, 5) is 11.7. The van der Waals surface area contributed by atoms with Crippen molar-refractivity contribution in [1.82, 2.24) is 14.9 Å². The second kappa shape index (κ2) is 9.62. The van der Waals surface area contributed by atoms with Gasteiger partial charge < -0.3 is 16.2 Å². The Kier molecular flexibility index (Phi) is 7.23. The molecule has 0 atom stereocenters. The molecule has 1 aromatic rings. The van der Waals surface area contributed by atoms with Gasteiger partial charge in [-0.05, 0) is 64.0 Å². The summed E-state index contributed by atoms with van der Waals surface area (Å²) in [6, 6.07) is 3.49. The molecule has 6 nitrogen and oxygen atoms in total. The number of hydrogen-bond acceptors (Lipinski definition) is 6. The van der Waals surface area contributed by atoms with Crippen molar-refractivity contribution in [3.63, 3.8) is 0 Å². The lowest BCUT2D eigenvalue weighted by Gasteiger charge is -2.36. The Hall–Kier alpha value is -1.24. The van der Waals surface area contributed by atoms with Gasteiger partial charge in [-0.1, -0.05) is 6.92 Å². The lowest BCUT2D eigenvalue weighted by molar-refractivity contribution is 0.127.